The Bertz CT molecular complexity index is 2310. The first kappa shape index (κ1) is 36.1. The molecule has 3 aromatic rings. The van der Waals surface area contributed by atoms with Crippen molar-refractivity contribution in [1.82, 2.24) is 0 Å². The molecule has 3 rings (SSSR count). The van der Waals surface area contributed by atoms with E-state index in [1.165, 1.54) is 54.6 Å². The van der Waals surface area contributed by atoms with Crippen molar-refractivity contribution in [1.29, 1.82) is 21.0 Å². The Morgan fingerprint density at radius 1 is 0.596 bits per heavy atom. The minimum atomic E-state index is -1.81. The highest BCUT2D eigenvalue weighted by Crippen LogP contribution is 2.22. The fourth-order valence-electron chi connectivity index (χ4n) is 3.74. The van der Waals surface area contributed by atoms with Gasteiger partial charge in [-0.15, -0.1) is 0 Å². The lowest BCUT2D eigenvalue weighted by atomic mass is 9.97. The van der Waals surface area contributed by atoms with Crippen LogP contribution < -0.4 is 20.9 Å². The molecule has 0 saturated heterocycles. The van der Waals surface area contributed by atoms with Crippen molar-refractivity contribution in [3.8, 4) is 35.4 Å². The number of nitrogens with zero attached hydrogens (tertiary/aromatic N) is 8. The van der Waals surface area contributed by atoms with Gasteiger partial charge in [0.2, 0.25) is 0 Å². The molecular weight excluding hydrogens is 690 g/mol. The largest absolute Gasteiger partial charge is 0.532 e. The predicted octanol–water partition coefficient (Wildman–Crippen LogP) is 5.48. The van der Waals surface area contributed by atoms with E-state index in [2.05, 4.69) is 41.9 Å². The maximum atomic E-state index is 15.1. The third-order valence-electron chi connectivity index (χ3n) is 5.84. The Hall–Kier alpha value is -7.14. The normalized spacial score (nSPS) is 9.09. The van der Waals surface area contributed by atoms with Crippen molar-refractivity contribution < 1.29 is 26.3 Å². The average Bonchev–Trinajstić information content (AvgIpc) is 3.09. The minimum Gasteiger partial charge on any atom is -0.207 e. The molecule has 0 N–H and O–H groups in total. The molecule has 0 atom stereocenters. The van der Waals surface area contributed by atoms with Gasteiger partial charge in [-0.05, 0) is 27.1 Å². The number of benzene rings is 3. The zero-order valence-corrected chi connectivity index (χ0v) is 24.4. The summed E-state index contributed by atoms with van der Waals surface area (Å²) in [5, 5.41) is 31.4. The lowest BCUT2D eigenvalue weighted by molar-refractivity contribution is 0.476. The molecule has 224 valence electrons. The Labute approximate surface area is 269 Å². The lowest BCUT2D eigenvalue weighted by Crippen LogP contribution is -2.29. The van der Waals surface area contributed by atoms with Crippen LogP contribution in [-0.4, -0.2) is 0 Å². The standard InChI is InChI=1S/C20H7F3N4.C12BrF3N4/c1-4-11-5-7-12(8-6-11)14-15(13(9-24)10-25)18(22)19(23)16(17(14)21)20(26-2)27-3;1-19-12(20-2)7-9(14)8(13)6(5(3-17)4-18)10(15)11(7)16/h4-8H,1H2;. The summed E-state index contributed by atoms with van der Waals surface area (Å²) in [5.41, 5.74) is -1.58. The van der Waals surface area contributed by atoms with Gasteiger partial charge in [-0.2, -0.15) is 40.4 Å². The van der Waals surface area contributed by atoms with Gasteiger partial charge < -0.3 is 0 Å². The molecule has 0 amide bonds. The van der Waals surface area contributed by atoms with E-state index < -0.39 is 88.6 Å². The topological polar surface area (TPSA) is 113 Å². The van der Waals surface area contributed by atoms with E-state index in [0.717, 1.165) is 0 Å². The molecule has 0 saturated carbocycles. The Balaban J connectivity index is 0.000000343. The molecular formula is C32H7BrF6N8. The number of halogens is 7. The second-order valence-corrected chi connectivity index (χ2v) is 8.98. The highest BCUT2D eigenvalue weighted by Gasteiger charge is 2.27. The van der Waals surface area contributed by atoms with Crippen LogP contribution in [0.25, 0.3) is 59.4 Å². The number of hydrogen-bond acceptors (Lipinski definition) is 4. The molecule has 0 aromatic heterocycles. The van der Waals surface area contributed by atoms with Crippen LogP contribution in [-0.2, 0) is 0 Å². The summed E-state index contributed by atoms with van der Waals surface area (Å²) in [5.74, 6) is -11.8. The van der Waals surface area contributed by atoms with Crippen LogP contribution in [0.1, 0.15) is 5.56 Å². The van der Waals surface area contributed by atoms with Crippen LogP contribution in [0.5, 0.6) is 0 Å². The molecule has 0 fully saturated rings. The van der Waals surface area contributed by atoms with Crippen LogP contribution in [0.3, 0.4) is 0 Å². The second-order valence-electron chi connectivity index (χ2n) is 8.19. The summed E-state index contributed by atoms with van der Waals surface area (Å²) in [6.45, 7) is 30.6. The Morgan fingerprint density at radius 2 is 0.957 bits per heavy atom. The maximum Gasteiger partial charge on any atom is 0.532 e. The van der Waals surface area contributed by atoms with Crippen LogP contribution in [0, 0.1) is 107 Å². The summed E-state index contributed by atoms with van der Waals surface area (Å²) in [6.07, 6.45) is 1.50. The van der Waals surface area contributed by atoms with Gasteiger partial charge in [0.1, 0.15) is 83.8 Å². The summed E-state index contributed by atoms with van der Waals surface area (Å²) >= 11 is 2.60. The Kier molecular flexibility index (Phi) is 11.9. The van der Waals surface area contributed by atoms with E-state index in [0.29, 0.717) is 5.56 Å². The molecule has 0 aliphatic heterocycles. The lowest BCUT2D eigenvalue weighted by Gasteiger charge is -2.09. The van der Waals surface area contributed by atoms with Crippen molar-refractivity contribution in [2.24, 2.45) is 0 Å². The molecule has 0 aliphatic rings. The first-order valence-electron chi connectivity index (χ1n) is 11.8. The van der Waals surface area contributed by atoms with Crippen LogP contribution in [0.15, 0.2) is 35.3 Å². The fraction of sp³-hybridized carbons (Fsp3) is 0. The van der Waals surface area contributed by atoms with Gasteiger partial charge in [0.15, 0.2) is 23.3 Å². The summed E-state index contributed by atoms with van der Waals surface area (Å²) in [6, 6.07) is 11.2. The number of nitriles is 4. The first-order valence-corrected chi connectivity index (χ1v) is 12.6. The van der Waals surface area contributed by atoms with Crippen LogP contribution in [0.4, 0.5) is 26.3 Å². The zero-order chi connectivity index (χ0) is 35.6. The molecule has 0 radical (unpaired) electrons. The quantitative estimate of drug-likeness (QED) is 0.201. The first-order chi connectivity index (χ1) is 22.4. The second kappa shape index (κ2) is 15.5. The van der Waals surface area contributed by atoms with E-state index in [4.69, 9.17) is 47.3 Å². The van der Waals surface area contributed by atoms with Crippen LogP contribution >= 0.6 is 15.9 Å². The monoisotopic (exact) mass is 696 g/mol. The highest BCUT2D eigenvalue weighted by atomic mass is 79.9. The third kappa shape index (κ3) is 6.69. The highest BCUT2D eigenvalue weighted by molar-refractivity contribution is 9.10. The van der Waals surface area contributed by atoms with Gasteiger partial charge in [0, 0.05) is 5.56 Å². The van der Waals surface area contributed by atoms with Gasteiger partial charge in [-0.1, -0.05) is 36.9 Å². The van der Waals surface area contributed by atoms with E-state index in [1.54, 1.807) is 0 Å². The molecule has 0 unspecified atom stereocenters. The van der Waals surface area contributed by atoms with Crippen molar-refractivity contribution in [2.45, 2.75) is 0 Å². The van der Waals surface area contributed by atoms with Crippen molar-refractivity contribution in [2.75, 3.05) is 0 Å². The summed E-state index contributed by atoms with van der Waals surface area (Å²) < 4.78 is 85.1. The van der Waals surface area contributed by atoms with E-state index in [-0.39, 0.29) is 5.56 Å². The van der Waals surface area contributed by atoms with Gasteiger partial charge in [-0.3, -0.25) is 0 Å². The molecule has 8 nitrogen and oxygen atoms in total. The summed E-state index contributed by atoms with van der Waals surface area (Å²) in [7, 11) is 0. The molecule has 3 aromatic carbocycles. The third-order valence-corrected chi connectivity index (χ3v) is 6.58. The molecule has 0 spiro atoms. The molecule has 0 bridgehead atoms. The van der Waals surface area contributed by atoms with Gasteiger partial charge in [0.05, 0.1) is 14.9 Å². The zero-order valence-electron chi connectivity index (χ0n) is 22.8. The van der Waals surface area contributed by atoms with E-state index in [1.807, 2.05) is 0 Å². The van der Waals surface area contributed by atoms with Gasteiger partial charge >= 0.3 is 11.6 Å². The minimum absolute atomic E-state index is 0.0329. The molecule has 47 heavy (non-hydrogen) atoms. The van der Waals surface area contributed by atoms with Gasteiger partial charge in [0.25, 0.3) is 0 Å². The average molecular weight is 697 g/mol. The van der Waals surface area contributed by atoms with Crippen molar-refractivity contribution in [3.63, 3.8) is 0 Å². The molecule has 15 heteroatoms. The van der Waals surface area contributed by atoms with Gasteiger partial charge in [-0.25, -0.2) is 26.3 Å². The number of hydrogen-bond donors (Lipinski definition) is 0. The SMILES string of the molecule is [C-]#[N+]C([N+]#[C-])=c1c(F)c(F)c(=C(C#N)C#N)c(-c2ccc(C=C)cc2)c1F.[C-]#[N+]C([N+]#[C-])=c1c(F)c(F)c(=C(C#N)C#N)c(Br)c1F. The molecule has 0 heterocycles. The fourth-order valence-corrected chi connectivity index (χ4v) is 4.31. The van der Waals surface area contributed by atoms with Crippen molar-refractivity contribution in [3.05, 3.63) is 142 Å². The van der Waals surface area contributed by atoms with Crippen molar-refractivity contribution >= 4 is 44.8 Å². The maximum absolute atomic E-state index is 15.1. The predicted molar refractivity (Wildman–Crippen MR) is 157 cm³/mol. The van der Waals surface area contributed by atoms with Crippen LogP contribution in [0.2, 0.25) is 0 Å². The Morgan fingerprint density at radius 3 is 1.34 bits per heavy atom. The smallest absolute Gasteiger partial charge is 0.207 e. The summed E-state index contributed by atoms with van der Waals surface area (Å²) in [4.78, 5) is 10.7. The van der Waals surface area contributed by atoms with E-state index in [9.17, 15) is 22.0 Å². The molecule has 0 aliphatic carbocycles. The number of rotatable bonds is 2. The van der Waals surface area contributed by atoms with E-state index >= 15 is 4.39 Å².